The Morgan fingerprint density at radius 1 is 1.75 bits per heavy atom. The van der Waals surface area contributed by atoms with Crippen LogP contribution in [0.4, 0.5) is 0 Å². The highest BCUT2D eigenvalue weighted by Crippen LogP contribution is 2.25. The summed E-state index contributed by atoms with van der Waals surface area (Å²) in [5.41, 5.74) is 1.01. The number of aldehydes is 1. The van der Waals surface area contributed by atoms with Crippen molar-refractivity contribution in [3.63, 3.8) is 0 Å². The van der Waals surface area contributed by atoms with Crippen LogP contribution in [0, 0.1) is 0 Å². The summed E-state index contributed by atoms with van der Waals surface area (Å²) in [6, 6.07) is 0. The zero-order valence-electron chi connectivity index (χ0n) is 6.53. The topological polar surface area (TPSA) is 39.2 Å². The summed E-state index contributed by atoms with van der Waals surface area (Å²) < 4.78 is 5.23. The molecule has 0 radical (unpaired) electrons. The van der Waals surface area contributed by atoms with Crippen LogP contribution in [0.3, 0.4) is 0 Å². The zero-order chi connectivity index (χ0) is 8.39. The maximum Gasteiger partial charge on any atom is 0.178 e. The second-order valence-corrected chi connectivity index (χ2v) is 3.68. The fourth-order valence-electron chi connectivity index (χ4n) is 1.31. The summed E-state index contributed by atoms with van der Waals surface area (Å²) in [7, 11) is 0. The van der Waals surface area contributed by atoms with E-state index in [0.29, 0.717) is 10.9 Å². The molecule has 3 nitrogen and oxygen atoms in total. The third-order valence-electron chi connectivity index (χ3n) is 1.99. The lowest BCUT2D eigenvalue weighted by atomic mass is 10.1. The van der Waals surface area contributed by atoms with E-state index in [9.17, 15) is 4.79 Å². The minimum Gasteiger partial charge on any atom is -0.381 e. The molecule has 1 saturated heterocycles. The molecule has 0 spiro atoms. The summed E-state index contributed by atoms with van der Waals surface area (Å²) in [4.78, 5) is 14.5. The first-order chi connectivity index (χ1) is 5.90. The maximum absolute atomic E-state index is 10.4. The van der Waals surface area contributed by atoms with E-state index in [2.05, 4.69) is 4.98 Å². The molecular formula is C8H9NO2S. The number of carbonyl (C=O) groups excluding carboxylic acids is 1. The van der Waals surface area contributed by atoms with E-state index < -0.39 is 0 Å². The van der Waals surface area contributed by atoms with Crippen LogP contribution in [-0.2, 0) is 4.74 Å². The number of hydrogen-bond acceptors (Lipinski definition) is 4. The van der Waals surface area contributed by atoms with E-state index in [1.54, 1.807) is 0 Å². The Bertz CT molecular complexity index is 278. The molecule has 0 bridgehead atoms. The van der Waals surface area contributed by atoms with Crippen molar-refractivity contribution < 1.29 is 9.53 Å². The molecule has 0 amide bonds. The molecule has 1 unspecified atom stereocenters. The molecule has 1 aliphatic rings. The second-order valence-electron chi connectivity index (χ2n) is 2.79. The molecule has 64 valence electrons. The van der Waals surface area contributed by atoms with Crippen LogP contribution in [0.1, 0.15) is 27.8 Å². The zero-order valence-corrected chi connectivity index (χ0v) is 7.34. The molecule has 1 aromatic heterocycles. The van der Waals surface area contributed by atoms with Crippen molar-refractivity contribution in [3.8, 4) is 0 Å². The normalized spacial score (nSPS) is 22.8. The van der Waals surface area contributed by atoms with E-state index in [-0.39, 0.29) is 0 Å². The average Bonchev–Trinajstić information content (AvgIpc) is 2.75. The molecular weight excluding hydrogens is 174 g/mol. The van der Waals surface area contributed by atoms with Gasteiger partial charge in [-0.05, 0) is 6.42 Å². The summed E-state index contributed by atoms with van der Waals surface area (Å²) in [6.45, 7) is 1.57. The molecule has 1 fully saturated rings. The Morgan fingerprint density at radius 3 is 3.25 bits per heavy atom. The fourth-order valence-corrected chi connectivity index (χ4v) is 2.01. The minimum absolute atomic E-state index is 0.412. The molecule has 12 heavy (non-hydrogen) atoms. The highest BCUT2D eigenvalue weighted by atomic mass is 32.1. The number of hydrogen-bond donors (Lipinski definition) is 0. The van der Waals surface area contributed by atoms with Gasteiger partial charge in [-0.15, -0.1) is 11.3 Å². The Balaban J connectivity index is 2.16. The lowest BCUT2D eigenvalue weighted by molar-refractivity contribution is 0.112. The minimum atomic E-state index is 0.412. The lowest BCUT2D eigenvalue weighted by Crippen LogP contribution is -1.97. The first-order valence-electron chi connectivity index (χ1n) is 3.88. The smallest absolute Gasteiger partial charge is 0.178 e. The van der Waals surface area contributed by atoms with Gasteiger partial charge >= 0.3 is 0 Å². The van der Waals surface area contributed by atoms with Crippen LogP contribution < -0.4 is 0 Å². The highest BCUT2D eigenvalue weighted by Gasteiger charge is 2.19. The van der Waals surface area contributed by atoms with Gasteiger partial charge in [0.1, 0.15) is 0 Å². The van der Waals surface area contributed by atoms with Crippen molar-refractivity contribution in [3.05, 3.63) is 16.1 Å². The first kappa shape index (κ1) is 7.89. The van der Waals surface area contributed by atoms with Gasteiger partial charge < -0.3 is 4.74 Å². The Labute approximate surface area is 74.4 Å². The van der Waals surface area contributed by atoms with E-state index in [1.807, 2.05) is 5.38 Å². The van der Waals surface area contributed by atoms with Gasteiger partial charge in [-0.25, -0.2) is 4.98 Å². The fraction of sp³-hybridized carbons (Fsp3) is 0.500. The van der Waals surface area contributed by atoms with Gasteiger partial charge in [0, 0.05) is 17.9 Å². The molecule has 0 aliphatic carbocycles. The first-order valence-corrected chi connectivity index (χ1v) is 4.76. The number of ether oxygens (including phenoxy) is 1. The van der Waals surface area contributed by atoms with Crippen LogP contribution in [0.2, 0.25) is 0 Å². The maximum atomic E-state index is 10.4. The van der Waals surface area contributed by atoms with E-state index in [4.69, 9.17) is 4.74 Å². The van der Waals surface area contributed by atoms with Crippen LogP contribution in [0.15, 0.2) is 5.38 Å². The van der Waals surface area contributed by atoms with Gasteiger partial charge in [0.2, 0.25) is 0 Å². The standard InChI is InChI=1S/C8H9NO2S/c10-3-8-9-7(5-12-8)6-1-2-11-4-6/h3,5-6H,1-2,4H2. The largest absolute Gasteiger partial charge is 0.381 e. The predicted molar refractivity (Wildman–Crippen MR) is 45.7 cm³/mol. The van der Waals surface area contributed by atoms with E-state index in [1.165, 1.54) is 11.3 Å². The Hall–Kier alpha value is -0.740. The van der Waals surface area contributed by atoms with Crippen LogP contribution in [0.5, 0.6) is 0 Å². The van der Waals surface area contributed by atoms with Crippen molar-refractivity contribution in [2.45, 2.75) is 12.3 Å². The van der Waals surface area contributed by atoms with Gasteiger partial charge in [0.15, 0.2) is 11.3 Å². The molecule has 1 atom stereocenters. The van der Waals surface area contributed by atoms with Crippen molar-refractivity contribution in [2.75, 3.05) is 13.2 Å². The van der Waals surface area contributed by atoms with Crippen molar-refractivity contribution >= 4 is 17.6 Å². The lowest BCUT2D eigenvalue weighted by Gasteiger charge is -2.00. The third kappa shape index (κ3) is 1.40. The Morgan fingerprint density at radius 2 is 2.67 bits per heavy atom. The Kier molecular flexibility index (Phi) is 2.19. The average molecular weight is 183 g/mol. The molecule has 0 saturated carbocycles. The van der Waals surface area contributed by atoms with Crippen LogP contribution >= 0.6 is 11.3 Å². The SMILES string of the molecule is O=Cc1nc(C2CCOC2)cs1. The number of thiazole rings is 1. The molecule has 1 aliphatic heterocycles. The highest BCUT2D eigenvalue weighted by molar-refractivity contribution is 7.11. The third-order valence-corrected chi connectivity index (χ3v) is 2.78. The van der Waals surface area contributed by atoms with E-state index in [0.717, 1.165) is 31.6 Å². The van der Waals surface area contributed by atoms with Crippen LogP contribution in [0.25, 0.3) is 0 Å². The molecule has 2 rings (SSSR count). The van der Waals surface area contributed by atoms with Crippen molar-refractivity contribution in [1.29, 1.82) is 0 Å². The monoisotopic (exact) mass is 183 g/mol. The number of aromatic nitrogens is 1. The quantitative estimate of drug-likeness (QED) is 0.651. The molecule has 0 aromatic carbocycles. The van der Waals surface area contributed by atoms with Crippen molar-refractivity contribution in [1.82, 2.24) is 4.98 Å². The molecule has 0 N–H and O–H groups in total. The summed E-state index contributed by atoms with van der Waals surface area (Å²) in [6.07, 6.45) is 1.83. The van der Waals surface area contributed by atoms with Gasteiger partial charge in [-0.1, -0.05) is 0 Å². The second kappa shape index (κ2) is 3.33. The summed E-state index contributed by atoms with van der Waals surface area (Å²) >= 11 is 1.40. The number of nitrogens with zero attached hydrogens (tertiary/aromatic N) is 1. The van der Waals surface area contributed by atoms with E-state index >= 15 is 0 Å². The number of carbonyl (C=O) groups is 1. The van der Waals surface area contributed by atoms with Gasteiger partial charge in [-0.3, -0.25) is 4.79 Å². The summed E-state index contributed by atoms with van der Waals surface area (Å²) in [5, 5.41) is 2.51. The van der Waals surface area contributed by atoms with Gasteiger partial charge in [-0.2, -0.15) is 0 Å². The van der Waals surface area contributed by atoms with Gasteiger partial charge in [0.05, 0.1) is 12.3 Å². The molecule has 1 aromatic rings. The molecule has 2 heterocycles. The summed E-state index contributed by atoms with van der Waals surface area (Å²) in [5.74, 6) is 0.412. The van der Waals surface area contributed by atoms with Gasteiger partial charge in [0.25, 0.3) is 0 Å². The van der Waals surface area contributed by atoms with Crippen molar-refractivity contribution in [2.24, 2.45) is 0 Å². The molecule has 4 heteroatoms. The predicted octanol–water partition coefficient (Wildman–Crippen LogP) is 1.46. The van der Waals surface area contributed by atoms with Crippen LogP contribution in [-0.4, -0.2) is 24.5 Å². The number of rotatable bonds is 2.